The molecule has 5 rings (SSSR count). The minimum Gasteiger partial charge on any atom is -0.377 e. The molecule has 4 aromatic carbocycles. The molecule has 44 heavy (non-hydrogen) atoms. The first-order chi connectivity index (χ1) is 21.1. The second kappa shape index (κ2) is 13.5. The van der Waals surface area contributed by atoms with Crippen LogP contribution in [0.25, 0.3) is 5.69 Å². The van der Waals surface area contributed by atoms with E-state index in [2.05, 4.69) is 20.8 Å². The minimum absolute atomic E-state index is 0.0288. The number of anilines is 2. The van der Waals surface area contributed by atoms with Crippen LogP contribution in [0.1, 0.15) is 28.7 Å². The quantitative estimate of drug-likeness (QED) is 0.122. The summed E-state index contributed by atoms with van der Waals surface area (Å²) in [7, 11) is -3.93. The summed E-state index contributed by atoms with van der Waals surface area (Å²) in [5.74, 6) is 0.249. The number of para-hydroxylation sites is 1. The summed E-state index contributed by atoms with van der Waals surface area (Å²) in [6.07, 6.45) is 0. The predicted molar refractivity (Wildman–Crippen MR) is 173 cm³/mol. The monoisotopic (exact) mass is 645 g/mol. The van der Waals surface area contributed by atoms with E-state index in [1.807, 2.05) is 41.8 Å². The van der Waals surface area contributed by atoms with E-state index < -0.39 is 9.84 Å². The van der Waals surface area contributed by atoms with Crippen molar-refractivity contribution in [1.82, 2.24) is 14.8 Å². The van der Waals surface area contributed by atoms with Crippen molar-refractivity contribution in [3.05, 3.63) is 119 Å². The molecule has 1 heterocycles. The second-order valence-electron chi connectivity index (χ2n) is 9.83. The van der Waals surface area contributed by atoms with Gasteiger partial charge in [-0.15, -0.1) is 10.2 Å². The number of nitrogens with zero attached hydrogens (tertiary/aromatic N) is 3. The minimum atomic E-state index is -3.93. The zero-order valence-corrected chi connectivity index (χ0v) is 26.2. The molecule has 5 aromatic rings. The Balaban J connectivity index is 1.37. The number of sulfone groups is 1. The predicted octanol–water partition coefficient (Wildman–Crippen LogP) is 6.61. The van der Waals surface area contributed by atoms with E-state index in [4.69, 9.17) is 11.6 Å². The Kier molecular flexibility index (Phi) is 9.48. The lowest BCUT2D eigenvalue weighted by Gasteiger charge is -2.15. The van der Waals surface area contributed by atoms with Crippen molar-refractivity contribution in [3.8, 4) is 5.69 Å². The molecule has 0 saturated heterocycles. The number of benzene rings is 4. The molecule has 1 amide bonds. The highest BCUT2D eigenvalue weighted by Gasteiger charge is 2.25. The number of aromatic nitrogens is 3. The Bertz CT molecular complexity index is 1910. The van der Waals surface area contributed by atoms with Crippen molar-refractivity contribution >= 4 is 56.3 Å². The van der Waals surface area contributed by atoms with Gasteiger partial charge in [-0.2, -0.15) is 0 Å². The van der Waals surface area contributed by atoms with E-state index in [9.17, 15) is 18.0 Å². The van der Waals surface area contributed by atoms with Crippen molar-refractivity contribution in [3.63, 3.8) is 0 Å². The maximum absolute atomic E-state index is 13.6. The van der Waals surface area contributed by atoms with Crippen LogP contribution in [0.3, 0.4) is 0 Å². The van der Waals surface area contributed by atoms with Gasteiger partial charge in [0.15, 0.2) is 16.8 Å². The van der Waals surface area contributed by atoms with Crippen LogP contribution in [0.4, 0.5) is 11.4 Å². The smallest absolute Gasteiger partial charge is 0.234 e. The number of halogens is 1. The van der Waals surface area contributed by atoms with E-state index in [1.165, 1.54) is 24.8 Å². The normalized spacial score (nSPS) is 11.2. The van der Waals surface area contributed by atoms with Gasteiger partial charge in [0.25, 0.3) is 0 Å². The molecule has 224 valence electrons. The lowest BCUT2D eigenvalue weighted by atomic mass is 10.1. The SMILES string of the molecule is CC(=O)c1ccc(NC(=O)CSc2nnc(CNc3cccc(Cl)c3S(=O)(=O)c3ccc(C)cc3)n2-c2ccccc2)cc1. The fourth-order valence-electron chi connectivity index (χ4n) is 4.39. The Morgan fingerprint density at radius 1 is 0.886 bits per heavy atom. The third-order valence-electron chi connectivity index (χ3n) is 6.63. The van der Waals surface area contributed by atoms with Gasteiger partial charge in [0.1, 0.15) is 4.90 Å². The number of carbonyl (C=O) groups is 2. The molecule has 0 bridgehead atoms. The van der Waals surface area contributed by atoms with Gasteiger partial charge in [-0.3, -0.25) is 14.2 Å². The molecular formula is C32H28ClN5O4S2. The van der Waals surface area contributed by atoms with Gasteiger partial charge in [0.05, 0.1) is 27.9 Å². The topological polar surface area (TPSA) is 123 Å². The van der Waals surface area contributed by atoms with Gasteiger partial charge in [-0.1, -0.05) is 65.3 Å². The second-order valence-corrected chi connectivity index (χ2v) is 13.1. The molecule has 0 atom stereocenters. The Morgan fingerprint density at radius 3 is 2.27 bits per heavy atom. The van der Waals surface area contributed by atoms with Crippen molar-refractivity contribution in [2.75, 3.05) is 16.4 Å². The van der Waals surface area contributed by atoms with E-state index in [1.54, 1.807) is 60.7 Å². The lowest BCUT2D eigenvalue weighted by molar-refractivity contribution is -0.113. The first kappa shape index (κ1) is 31.0. The standard InChI is InChI=1S/C32H28ClN5O4S2/c1-21-11-17-26(18-12-21)44(41,42)31-27(33)9-6-10-28(31)34-19-29-36-37-32(38(29)25-7-4-3-5-8-25)43-20-30(40)35-24-15-13-23(14-16-24)22(2)39/h3-18,34H,19-20H2,1-2H3,(H,35,40). The molecule has 0 aliphatic heterocycles. The third kappa shape index (κ3) is 7.02. The molecule has 1 aromatic heterocycles. The first-order valence-corrected chi connectivity index (χ1v) is 16.4. The largest absolute Gasteiger partial charge is 0.377 e. The van der Waals surface area contributed by atoms with Crippen molar-refractivity contribution in [2.24, 2.45) is 0 Å². The van der Waals surface area contributed by atoms with Gasteiger partial charge >= 0.3 is 0 Å². The summed E-state index contributed by atoms with van der Waals surface area (Å²) in [6.45, 7) is 3.49. The van der Waals surface area contributed by atoms with Crippen molar-refractivity contribution in [1.29, 1.82) is 0 Å². The summed E-state index contributed by atoms with van der Waals surface area (Å²) >= 11 is 7.66. The van der Waals surface area contributed by atoms with Crippen LogP contribution in [0.5, 0.6) is 0 Å². The van der Waals surface area contributed by atoms with Crippen LogP contribution in [0.15, 0.2) is 112 Å². The molecular weight excluding hydrogens is 618 g/mol. The van der Waals surface area contributed by atoms with E-state index in [0.29, 0.717) is 27.9 Å². The number of ketones is 1. The summed E-state index contributed by atoms with van der Waals surface area (Å²) in [5.41, 5.74) is 3.18. The highest BCUT2D eigenvalue weighted by Crippen LogP contribution is 2.34. The lowest BCUT2D eigenvalue weighted by Crippen LogP contribution is -2.15. The summed E-state index contributed by atoms with van der Waals surface area (Å²) in [6, 6.07) is 27.6. The highest BCUT2D eigenvalue weighted by molar-refractivity contribution is 7.99. The molecule has 0 aliphatic rings. The van der Waals surface area contributed by atoms with Gasteiger partial charge in [-0.05, 0) is 74.5 Å². The van der Waals surface area contributed by atoms with Gasteiger partial charge in [0.2, 0.25) is 15.7 Å². The zero-order chi connectivity index (χ0) is 31.3. The average Bonchev–Trinajstić information content (AvgIpc) is 3.42. The number of amides is 1. The van der Waals surface area contributed by atoms with Crippen molar-refractivity contribution < 1.29 is 18.0 Å². The molecule has 12 heteroatoms. The Labute approximate surface area is 264 Å². The van der Waals surface area contributed by atoms with Crippen LogP contribution >= 0.6 is 23.4 Å². The molecule has 0 radical (unpaired) electrons. The summed E-state index contributed by atoms with van der Waals surface area (Å²) < 4.78 is 29.0. The number of nitrogens with one attached hydrogen (secondary N) is 2. The van der Waals surface area contributed by atoms with Gasteiger partial charge < -0.3 is 10.6 Å². The molecule has 0 saturated carbocycles. The zero-order valence-electron chi connectivity index (χ0n) is 23.8. The molecule has 9 nitrogen and oxygen atoms in total. The van der Waals surface area contributed by atoms with E-state index in [0.717, 1.165) is 11.3 Å². The summed E-state index contributed by atoms with van der Waals surface area (Å²) in [5, 5.41) is 15.3. The van der Waals surface area contributed by atoms with Crippen LogP contribution in [0, 0.1) is 6.92 Å². The molecule has 2 N–H and O–H groups in total. The van der Waals surface area contributed by atoms with Crippen LogP contribution in [0.2, 0.25) is 5.02 Å². The maximum Gasteiger partial charge on any atom is 0.234 e. The first-order valence-electron chi connectivity index (χ1n) is 13.5. The fraction of sp³-hybridized carbons (Fsp3) is 0.125. The average molecular weight is 646 g/mol. The molecule has 0 fully saturated rings. The van der Waals surface area contributed by atoms with E-state index in [-0.39, 0.29) is 38.8 Å². The number of carbonyl (C=O) groups excluding carboxylic acids is 2. The number of aryl methyl sites for hydroxylation is 1. The molecule has 0 aliphatic carbocycles. The Morgan fingerprint density at radius 2 is 1.59 bits per heavy atom. The summed E-state index contributed by atoms with van der Waals surface area (Å²) in [4.78, 5) is 24.4. The van der Waals surface area contributed by atoms with Crippen LogP contribution in [-0.4, -0.2) is 40.6 Å². The third-order valence-corrected chi connectivity index (χ3v) is 9.85. The maximum atomic E-state index is 13.6. The van der Waals surface area contributed by atoms with E-state index >= 15 is 0 Å². The number of thioether (sulfide) groups is 1. The fourth-order valence-corrected chi connectivity index (χ4v) is 7.13. The van der Waals surface area contributed by atoms with Gasteiger partial charge in [-0.25, -0.2) is 8.42 Å². The molecule has 0 spiro atoms. The molecule has 0 unspecified atom stereocenters. The number of hydrogen-bond acceptors (Lipinski definition) is 8. The highest BCUT2D eigenvalue weighted by atomic mass is 35.5. The Hall–Kier alpha value is -4.45. The van der Waals surface area contributed by atoms with Crippen LogP contribution in [-0.2, 0) is 21.2 Å². The van der Waals surface area contributed by atoms with Gasteiger partial charge in [0, 0.05) is 16.9 Å². The number of rotatable bonds is 11. The number of Topliss-reactive ketones (excluding diaryl/α,β-unsaturated/α-hetero) is 1. The van der Waals surface area contributed by atoms with Crippen LogP contribution < -0.4 is 10.6 Å². The van der Waals surface area contributed by atoms with Crippen molar-refractivity contribution in [2.45, 2.75) is 35.3 Å². The number of hydrogen-bond donors (Lipinski definition) is 2.